The highest BCUT2D eigenvalue weighted by Gasteiger charge is 2.18. The Kier molecular flexibility index (Phi) is 6.25. The zero-order valence-electron chi connectivity index (χ0n) is 28.1. The van der Waals surface area contributed by atoms with E-state index >= 15 is 0 Å². The van der Waals surface area contributed by atoms with Crippen LogP contribution in [0, 0.1) is 0 Å². The van der Waals surface area contributed by atoms with Gasteiger partial charge in [-0.25, -0.2) is 15.0 Å². The summed E-state index contributed by atoms with van der Waals surface area (Å²) in [4.78, 5) is 15.7. The summed E-state index contributed by atoms with van der Waals surface area (Å²) in [5.74, 6) is 0. The number of hydrogen-bond acceptors (Lipinski definition) is 3. The van der Waals surface area contributed by atoms with Crippen LogP contribution in [0.4, 0.5) is 0 Å². The molecule has 3 aromatic heterocycles. The minimum atomic E-state index is 0.914. The number of rotatable bonds is 3. The number of fused-ring (bicyclic) bond motifs is 12. The van der Waals surface area contributed by atoms with E-state index in [0.29, 0.717) is 0 Å². The van der Waals surface area contributed by atoms with Gasteiger partial charge in [-0.05, 0) is 62.6 Å². The summed E-state index contributed by atoms with van der Waals surface area (Å²) < 4.78 is 0. The van der Waals surface area contributed by atoms with Gasteiger partial charge in [0.1, 0.15) is 0 Å². The molecule has 0 aliphatic carbocycles. The lowest BCUT2D eigenvalue weighted by atomic mass is 9.89. The van der Waals surface area contributed by atoms with Crippen molar-refractivity contribution in [2.75, 3.05) is 0 Å². The summed E-state index contributed by atoms with van der Waals surface area (Å²) in [5, 5.41) is 13.1. The lowest BCUT2D eigenvalue weighted by molar-refractivity contribution is 1.37. The molecule has 0 bridgehead atoms. The fourth-order valence-corrected chi connectivity index (χ4v) is 8.09. The van der Waals surface area contributed by atoms with E-state index in [1.165, 1.54) is 37.7 Å². The standard InChI is InChI=1S/C49H29N3/c1-2-10-30(11-3-1)42-26-24-31-18-19-32-25-27-43(51-49(32)48(31)50-42)35-22-20-34-29-36(23-21-33(34)28-35)47-46-40-15-7-5-13-38(40)37-12-4-6-14-39(37)45(46)41-16-8-9-17-44(41)52-47/h1-29H. The lowest BCUT2D eigenvalue weighted by Gasteiger charge is -2.16. The van der Waals surface area contributed by atoms with Crippen molar-refractivity contribution < 1.29 is 0 Å². The molecule has 0 unspecified atom stereocenters. The molecule has 0 amide bonds. The van der Waals surface area contributed by atoms with Gasteiger partial charge in [0, 0.05) is 43.6 Å². The zero-order valence-corrected chi connectivity index (χ0v) is 28.1. The van der Waals surface area contributed by atoms with Gasteiger partial charge < -0.3 is 0 Å². The number of nitrogens with zero attached hydrogens (tertiary/aromatic N) is 3. The normalized spacial score (nSPS) is 11.8. The maximum atomic E-state index is 5.37. The van der Waals surface area contributed by atoms with Crippen LogP contribution >= 0.6 is 0 Å². The quantitative estimate of drug-likeness (QED) is 0.177. The average Bonchev–Trinajstić information content (AvgIpc) is 3.22. The highest BCUT2D eigenvalue weighted by atomic mass is 14.8. The van der Waals surface area contributed by atoms with Crippen LogP contribution in [-0.2, 0) is 0 Å². The van der Waals surface area contributed by atoms with Gasteiger partial charge in [0.15, 0.2) is 0 Å². The third kappa shape index (κ3) is 4.43. The Bertz CT molecular complexity index is 3240. The Balaban J connectivity index is 1.08. The minimum absolute atomic E-state index is 0.914. The molecule has 0 fully saturated rings. The van der Waals surface area contributed by atoms with Crippen molar-refractivity contribution in [3.8, 4) is 33.8 Å². The molecule has 3 heterocycles. The lowest BCUT2D eigenvalue weighted by Crippen LogP contribution is -1.93. The Hall–Kier alpha value is -6.97. The number of hydrogen-bond donors (Lipinski definition) is 0. The first-order chi connectivity index (χ1) is 25.8. The Labute approximate surface area is 299 Å². The van der Waals surface area contributed by atoms with Crippen molar-refractivity contribution in [3.63, 3.8) is 0 Å². The molecule has 52 heavy (non-hydrogen) atoms. The molecule has 3 nitrogen and oxygen atoms in total. The first-order valence-corrected chi connectivity index (χ1v) is 17.7. The SMILES string of the molecule is c1ccc(-c2ccc3ccc4ccc(-c5ccc6cc(-c7nc8ccccc8c8c9ccccc9c9ccccc9c78)ccc6c5)nc4c3n2)cc1. The summed E-state index contributed by atoms with van der Waals surface area (Å²) in [7, 11) is 0. The van der Waals surface area contributed by atoms with Crippen LogP contribution in [0.5, 0.6) is 0 Å². The second kappa shape index (κ2) is 11.3. The Morgan fingerprint density at radius 1 is 0.288 bits per heavy atom. The van der Waals surface area contributed by atoms with Gasteiger partial charge in [-0.3, -0.25) is 0 Å². The van der Waals surface area contributed by atoms with Crippen molar-refractivity contribution in [3.05, 3.63) is 176 Å². The second-order valence-corrected chi connectivity index (χ2v) is 13.6. The molecule has 0 atom stereocenters. The second-order valence-electron chi connectivity index (χ2n) is 13.6. The molecular formula is C49H29N3. The molecule has 0 radical (unpaired) electrons. The topological polar surface area (TPSA) is 38.7 Å². The van der Waals surface area contributed by atoms with E-state index in [9.17, 15) is 0 Å². The van der Waals surface area contributed by atoms with E-state index in [1.807, 2.05) is 18.2 Å². The molecule has 240 valence electrons. The predicted molar refractivity (Wildman–Crippen MR) is 219 cm³/mol. The largest absolute Gasteiger partial charge is 0.247 e. The molecule has 11 rings (SSSR count). The smallest absolute Gasteiger partial charge is 0.0972 e. The molecule has 0 spiro atoms. The van der Waals surface area contributed by atoms with Gasteiger partial charge >= 0.3 is 0 Å². The van der Waals surface area contributed by atoms with E-state index in [4.69, 9.17) is 15.0 Å². The fourth-order valence-electron chi connectivity index (χ4n) is 8.09. The van der Waals surface area contributed by atoms with Crippen LogP contribution in [0.2, 0.25) is 0 Å². The van der Waals surface area contributed by atoms with Crippen LogP contribution in [0.15, 0.2) is 176 Å². The molecule has 11 aromatic rings. The van der Waals surface area contributed by atoms with Gasteiger partial charge in [-0.2, -0.15) is 0 Å². The molecule has 0 aliphatic heterocycles. The zero-order chi connectivity index (χ0) is 34.2. The van der Waals surface area contributed by atoms with Crippen LogP contribution in [0.3, 0.4) is 0 Å². The summed E-state index contributed by atoms with van der Waals surface area (Å²) >= 11 is 0. The Morgan fingerprint density at radius 3 is 1.44 bits per heavy atom. The van der Waals surface area contributed by atoms with Crippen LogP contribution in [0.25, 0.3) is 110 Å². The maximum absolute atomic E-state index is 5.37. The van der Waals surface area contributed by atoms with E-state index < -0.39 is 0 Å². The summed E-state index contributed by atoms with van der Waals surface area (Å²) in [6.07, 6.45) is 0. The molecule has 0 saturated carbocycles. The number of benzene rings is 8. The highest BCUT2D eigenvalue weighted by molar-refractivity contribution is 6.33. The third-order valence-electron chi connectivity index (χ3n) is 10.6. The van der Waals surface area contributed by atoms with Crippen LogP contribution < -0.4 is 0 Å². The van der Waals surface area contributed by atoms with Gasteiger partial charge in [-0.15, -0.1) is 0 Å². The average molecular weight is 660 g/mol. The molecule has 0 saturated heterocycles. The van der Waals surface area contributed by atoms with Crippen LogP contribution in [-0.4, -0.2) is 15.0 Å². The van der Waals surface area contributed by atoms with Gasteiger partial charge in [-0.1, -0.05) is 146 Å². The molecule has 8 aromatic carbocycles. The minimum Gasteiger partial charge on any atom is -0.247 e. The van der Waals surface area contributed by atoms with Crippen molar-refractivity contribution in [2.24, 2.45) is 0 Å². The summed E-state index contributed by atoms with van der Waals surface area (Å²) in [6, 6.07) is 62.6. The van der Waals surface area contributed by atoms with Crippen molar-refractivity contribution >= 4 is 75.8 Å². The van der Waals surface area contributed by atoms with E-state index in [-0.39, 0.29) is 0 Å². The van der Waals surface area contributed by atoms with Gasteiger partial charge in [0.2, 0.25) is 0 Å². The maximum Gasteiger partial charge on any atom is 0.0972 e. The molecule has 3 heteroatoms. The van der Waals surface area contributed by atoms with Crippen molar-refractivity contribution in [2.45, 2.75) is 0 Å². The fraction of sp³-hybridized carbons (Fsp3) is 0. The van der Waals surface area contributed by atoms with Gasteiger partial charge in [0.05, 0.1) is 33.6 Å². The number of aromatic nitrogens is 3. The monoisotopic (exact) mass is 659 g/mol. The van der Waals surface area contributed by atoms with Crippen molar-refractivity contribution in [1.29, 1.82) is 0 Å². The molecular weight excluding hydrogens is 631 g/mol. The predicted octanol–water partition coefficient (Wildman–Crippen LogP) is 12.9. The van der Waals surface area contributed by atoms with E-state index in [0.717, 1.165) is 71.9 Å². The molecule has 0 aliphatic rings. The Morgan fingerprint density at radius 2 is 0.769 bits per heavy atom. The summed E-state index contributed by atoms with van der Waals surface area (Å²) in [5.41, 5.74) is 8.99. The van der Waals surface area contributed by atoms with E-state index in [2.05, 4.69) is 158 Å². The number of pyridine rings is 3. The van der Waals surface area contributed by atoms with E-state index in [1.54, 1.807) is 0 Å². The van der Waals surface area contributed by atoms with Crippen molar-refractivity contribution in [1.82, 2.24) is 15.0 Å². The molecule has 0 N–H and O–H groups in total. The first-order valence-electron chi connectivity index (χ1n) is 17.7. The first kappa shape index (κ1) is 28.8. The third-order valence-corrected chi connectivity index (χ3v) is 10.6. The highest BCUT2D eigenvalue weighted by Crippen LogP contribution is 2.43. The summed E-state index contributed by atoms with van der Waals surface area (Å²) in [6.45, 7) is 0. The number of para-hydroxylation sites is 1. The van der Waals surface area contributed by atoms with Crippen LogP contribution in [0.1, 0.15) is 0 Å². The van der Waals surface area contributed by atoms with Gasteiger partial charge in [0.25, 0.3) is 0 Å².